The fourth-order valence-corrected chi connectivity index (χ4v) is 2.70. The Morgan fingerprint density at radius 1 is 1.24 bits per heavy atom. The number of rotatable bonds is 6. The lowest BCUT2D eigenvalue weighted by molar-refractivity contribution is -0.153. The van der Waals surface area contributed by atoms with Crippen LogP contribution in [0.2, 0.25) is 0 Å². The number of amides is 1. The molecule has 3 rings (SSSR count). The van der Waals surface area contributed by atoms with Gasteiger partial charge < -0.3 is 14.2 Å². The average molecular weight is 353 g/mol. The molecule has 2 heterocycles. The molecule has 1 aliphatic heterocycles. The number of alkyl halides is 3. The Balaban J connectivity index is 1.74. The molecule has 8 heteroatoms. The monoisotopic (exact) mass is 353 g/mol. The Morgan fingerprint density at radius 3 is 2.60 bits per heavy atom. The van der Waals surface area contributed by atoms with Crippen LogP contribution in [-0.4, -0.2) is 39.7 Å². The molecular weight excluding hydrogens is 335 g/mol. The van der Waals surface area contributed by atoms with Gasteiger partial charge in [-0.2, -0.15) is 13.2 Å². The van der Waals surface area contributed by atoms with E-state index in [0.29, 0.717) is 19.0 Å². The molecule has 0 bridgehead atoms. The topological polar surface area (TPSA) is 47.4 Å². The van der Waals surface area contributed by atoms with Gasteiger partial charge in [0.1, 0.15) is 5.75 Å². The van der Waals surface area contributed by atoms with E-state index in [1.54, 1.807) is 23.2 Å². The number of hydrogen-bond donors (Lipinski definition) is 0. The van der Waals surface area contributed by atoms with Crippen molar-refractivity contribution in [1.82, 2.24) is 14.5 Å². The minimum atomic E-state index is -4.37. The van der Waals surface area contributed by atoms with Crippen molar-refractivity contribution in [2.24, 2.45) is 0 Å². The lowest BCUT2D eigenvalue weighted by atomic mass is 10.1. The van der Waals surface area contributed by atoms with Crippen molar-refractivity contribution in [3.8, 4) is 17.0 Å². The van der Waals surface area contributed by atoms with Crippen LogP contribution in [0.5, 0.6) is 5.75 Å². The lowest BCUT2D eigenvalue weighted by Crippen LogP contribution is -2.25. The van der Waals surface area contributed by atoms with Gasteiger partial charge in [-0.05, 0) is 30.7 Å². The second-order valence-electron chi connectivity index (χ2n) is 5.89. The largest absolute Gasteiger partial charge is 0.484 e. The van der Waals surface area contributed by atoms with E-state index in [0.717, 1.165) is 24.1 Å². The van der Waals surface area contributed by atoms with Crippen LogP contribution in [-0.2, 0) is 6.67 Å². The second kappa shape index (κ2) is 6.78. The highest BCUT2D eigenvalue weighted by Crippen LogP contribution is 2.28. The predicted octanol–water partition coefficient (Wildman–Crippen LogP) is 3.70. The average Bonchev–Trinajstić information content (AvgIpc) is 3.11. The highest BCUT2D eigenvalue weighted by Gasteiger charge is 2.31. The van der Waals surface area contributed by atoms with Gasteiger partial charge in [-0.15, -0.1) is 0 Å². The quantitative estimate of drug-likeness (QED) is 0.795. The van der Waals surface area contributed by atoms with Gasteiger partial charge in [0.05, 0.1) is 18.6 Å². The third kappa shape index (κ3) is 3.78. The number of ether oxygens (including phenoxy) is 1. The number of fused-ring (bicyclic) bond motifs is 1. The van der Waals surface area contributed by atoms with E-state index in [9.17, 15) is 18.0 Å². The molecule has 134 valence electrons. The van der Waals surface area contributed by atoms with Crippen molar-refractivity contribution < 1.29 is 22.7 Å². The van der Waals surface area contributed by atoms with Crippen LogP contribution in [0, 0.1) is 0 Å². The normalized spacial score (nSPS) is 14.1. The smallest absolute Gasteiger partial charge is 0.422 e. The molecule has 0 radical (unpaired) electrons. The van der Waals surface area contributed by atoms with Gasteiger partial charge in [0.15, 0.2) is 6.61 Å². The SMILES string of the molecule is CCCCN1Cn2c(-c3ccc(OCC(F)(F)F)cc3)cnc2C1=O. The lowest BCUT2D eigenvalue weighted by Gasteiger charge is -2.15. The number of carbonyl (C=O) groups excluding carboxylic acids is 1. The third-order valence-electron chi connectivity index (χ3n) is 3.98. The molecule has 1 aromatic heterocycles. The van der Waals surface area contributed by atoms with Gasteiger partial charge >= 0.3 is 6.18 Å². The number of benzene rings is 1. The molecule has 0 aliphatic carbocycles. The van der Waals surface area contributed by atoms with Crippen LogP contribution in [0.3, 0.4) is 0 Å². The maximum atomic E-state index is 12.3. The van der Waals surface area contributed by atoms with E-state index in [-0.39, 0.29) is 11.7 Å². The van der Waals surface area contributed by atoms with Gasteiger partial charge in [0.2, 0.25) is 5.82 Å². The van der Waals surface area contributed by atoms with Crippen molar-refractivity contribution >= 4 is 5.91 Å². The zero-order valence-corrected chi connectivity index (χ0v) is 13.7. The minimum absolute atomic E-state index is 0.0927. The summed E-state index contributed by atoms with van der Waals surface area (Å²) in [4.78, 5) is 18.2. The van der Waals surface area contributed by atoms with Crippen LogP contribution < -0.4 is 4.74 Å². The molecule has 0 atom stereocenters. The number of halogens is 3. The van der Waals surface area contributed by atoms with E-state index < -0.39 is 12.8 Å². The first-order valence-corrected chi connectivity index (χ1v) is 8.04. The van der Waals surface area contributed by atoms with Crippen molar-refractivity contribution in [3.05, 3.63) is 36.3 Å². The van der Waals surface area contributed by atoms with Crippen LogP contribution in [0.4, 0.5) is 13.2 Å². The molecule has 0 saturated carbocycles. The number of hydrogen-bond acceptors (Lipinski definition) is 3. The molecule has 2 aromatic rings. The van der Waals surface area contributed by atoms with E-state index in [1.807, 2.05) is 4.57 Å². The van der Waals surface area contributed by atoms with Crippen LogP contribution >= 0.6 is 0 Å². The first-order valence-electron chi connectivity index (χ1n) is 8.04. The maximum absolute atomic E-state index is 12.3. The van der Waals surface area contributed by atoms with Gasteiger partial charge in [-0.25, -0.2) is 4.98 Å². The summed E-state index contributed by atoms with van der Waals surface area (Å²) in [6, 6.07) is 6.28. The summed E-state index contributed by atoms with van der Waals surface area (Å²) in [5.41, 5.74) is 1.52. The molecule has 1 aliphatic rings. The van der Waals surface area contributed by atoms with E-state index in [4.69, 9.17) is 4.74 Å². The van der Waals surface area contributed by atoms with Gasteiger partial charge in [0.25, 0.3) is 5.91 Å². The fraction of sp³-hybridized carbons (Fsp3) is 0.412. The number of nitrogens with zero attached hydrogens (tertiary/aromatic N) is 3. The predicted molar refractivity (Wildman–Crippen MR) is 85.2 cm³/mol. The third-order valence-corrected chi connectivity index (χ3v) is 3.98. The summed E-state index contributed by atoms with van der Waals surface area (Å²) in [6.07, 6.45) is -0.835. The van der Waals surface area contributed by atoms with Crippen LogP contribution in [0.15, 0.2) is 30.5 Å². The first-order chi connectivity index (χ1) is 11.9. The Morgan fingerprint density at radius 2 is 1.96 bits per heavy atom. The van der Waals surface area contributed by atoms with Crippen LogP contribution in [0.25, 0.3) is 11.3 Å². The minimum Gasteiger partial charge on any atom is -0.484 e. The van der Waals surface area contributed by atoms with Crippen LogP contribution in [0.1, 0.15) is 30.4 Å². The van der Waals surface area contributed by atoms with Gasteiger partial charge in [-0.1, -0.05) is 13.3 Å². The van der Waals surface area contributed by atoms with Crippen molar-refractivity contribution in [3.63, 3.8) is 0 Å². The Labute approximate surface area is 143 Å². The molecule has 1 aromatic carbocycles. The fourth-order valence-electron chi connectivity index (χ4n) is 2.70. The van der Waals surface area contributed by atoms with E-state index in [1.165, 1.54) is 12.1 Å². The number of aromatic nitrogens is 2. The molecule has 25 heavy (non-hydrogen) atoms. The highest BCUT2D eigenvalue weighted by atomic mass is 19.4. The van der Waals surface area contributed by atoms with Crippen molar-refractivity contribution in [1.29, 1.82) is 0 Å². The van der Waals surface area contributed by atoms with E-state index >= 15 is 0 Å². The maximum Gasteiger partial charge on any atom is 0.422 e. The molecule has 5 nitrogen and oxygen atoms in total. The Kier molecular flexibility index (Phi) is 4.69. The standard InChI is InChI=1S/C17H18F3N3O2/c1-2-3-8-22-11-23-14(9-21-15(23)16(22)24)12-4-6-13(7-5-12)25-10-17(18,19)20/h4-7,9H,2-3,8,10-11H2,1H3. The Bertz CT molecular complexity index is 753. The summed E-state index contributed by atoms with van der Waals surface area (Å²) >= 11 is 0. The molecule has 0 unspecified atom stereocenters. The zero-order chi connectivity index (χ0) is 18.0. The zero-order valence-electron chi connectivity index (χ0n) is 13.7. The second-order valence-corrected chi connectivity index (χ2v) is 5.89. The molecule has 0 fully saturated rings. The highest BCUT2D eigenvalue weighted by molar-refractivity contribution is 5.93. The number of carbonyl (C=O) groups is 1. The number of imidazole rings is 1. The first kappa shape index (κ1) is 17.3. The summed E-state index contributed by atoms with van der Waals surface area (Å²) in [7, 11) is 0. The molecule has 0 spiro atoms. The molecule has 1 amide bonds. The number of unbranched alkanes of at least 4 members (excludes halogenated alkanes) is 1. The van der Waals surface area contributed by atoms with Crippen molar-refractivity contribution in [2.75, 3.05) is 13.2 Å². The van der Waals surface area contributed by atoms with Gasteiger partial charge in [-0.3, -0.25) is 4.79 Å². The Hall–Kier alpha value is -2.51. The van der Waals surface area contributed by atoms with E-state index in [2.05, 4.69) is 11.9 Å². The molecular formula is C17H18F3N3O2. The summed E-state index contributed by atoms with van der Waals surface area (Å²) in [5.74, 6) is 0.441. The summed E-state index contributed by atoms with van der Waals surface area (Å²) in [5, 5.41) is 0. The van der Waals surface area contributed by atoms with Crippen molar-refractivity contribution in [2.45, 2.75) is 32.6 Å². The van der Waals surface area contributed by atoms with Gasteiger partial charge in [0, 0.05) is 12.1 Å². The molecule has 0 saturated heterocycles. The summed E-state index contributed by atoms with van der Waals surface area (Å²) in [6.45, 7) is 1.86. The molecule has 0 N–H and O–H groups in total. The summed E-state index contributed by atoms with van der Waals surface area (Å²) < 4.78 is 43.1.